The third kappa shape index (κ3) is 4.31. The van der Waals surface area contributed by atoms with Crippen LogP contribution < -0.4 is 11.1 Å². The van der Waals surface area contributed by atoms with E-state index in [1.807, 2.05) is 12.1 Å². The number of halogens is 1. The summed E-state index contributed by atoms with van der Waals surface area (Å²) in [6.07, 6.45) is 9.94. The summed E-state index contributed by atoms with van der Waals surface area (Å²) in [4.78, 5) is 12.6. The Balaban J connectivity index is 0.00000208. The summed E-state index contributed by atoms with van der Waals surface area (Å²) in [6.45, 7) is 1.37. The van der Waals surface area contributed by atoms with Crippen molar-refractivity contribution in [1.29, 1.82) is 0 Å². The Morgan fingerprint density at radius 3 is 2.67 bits per heavy atom. The summed E-state index contributed by atoms with van der Waals surface area (Å²) in [5, 5.41) is 3.69. The molecular formula is C20H29ClN2O. The number of nitrogens with one attached hydrogen (secondary N) is 1. The number of benzene rings is 1. The number of hydrogen-bond acceptors (Lipinski definition) is 2. The summed E-state index contributed by atoms with van der Waals surface area (Å²) in [5.74, 6) is 0.835. The van der Waals surface area contributed by atoms with Crippen LogP contribution in [0.4, 0.5) is 0 Å². The third-order valence-electron chi connectivity index (χ3n) is 5.69. The molecule has 2 radical (unpaired) electrons. The van der Waals surface area contributed by atoms with Gasteiger partial charge in [0.15, 0.2) is 0 Å². The average Bonchev–Trinajstić information content (AvgIpc) is 2.55. The van der Waals surface area contributed by atoms with Gasteiger partial charge < -0.3 is 11.1 Å². The molecule has 2 bridgehead atoms. The van der Waals surface area contributed by atoms with Crippen LogP contribution in [-0.4, -0.2) is 19.0 Å². The highest BCUT2D eigenvalue weighted by Gasteiger charge is 2.39. The monoisotopic (exact) mass is 348 g/mol. The molecule has 3 rings (SSSR count). The fourth-order valence-electron chi connectivity index (χ4n) is 4.50. The number of carbonyl (C=O) groups is 1. The number of rotatable bonds is 5. The molecule has 0 heterocycles. The maximum atomic E-state index is 12.6. The average molecular weight is 349 g/mol. The van der Waals surface area contributed by atoms with Gasteiger partial charge in [-0.25, -0.2) is 0 Å². The molecular weight excluding hydrogens is 320 g/mol. The van der Waals surface area contributed by atoms with Gasteiger partial charge in [0.1, 0.15) is 0 Å². The summed E-state index contributed by atoms with van der Waals surface area (Å²) in [6, 6.07) is 5.63. The summed E-state index contributed by atoms with van der Waals surface area (Å²) in [5.41, 5.74) is 7.58. The Labute approximate surface area is 151 Å². The zero-order valence-electron chi connectivity index (χ0n) is 14.5. The molecule has 0 saturated heterocycles. The van der Waals surface area contributed by atoms with E-state index < -0.39 is 0 Å². The Kier molecular flexibility index (Phi) is 6.70. The lowest BCUT2D eigenvalue weighted by molar-refractivity contribution is 0.0682. The fraction of sp³-hybridized carbons (Fsp3) is 0.600. The van der Waals surface area contributed by atoms with Crippen molar-refractivity contribution in [3.8, 4) is 0 Å². The molecule has 24 heavy (non-hydrogen) atoms. The summed E-state index contributed by atoms with van der Waals surface area (Å²) >= 11 is 6.22. The van der Waals surface area contributed by atoms with Gasteiger partial charge in [0.05, 0.1) is 10.6 Å². The molecule has 2 saturated carbocycles. The van der Waals surface area contributed by atoms with E-state index in [-0.39, 0.29) is 13.3 Å². The van der Waals surface area contributed by atoms with E-state index in [1.165, 1.54) is 44.9 Å². The van der Waals surface area contributed by atoms with Gasteiger partial charge in [-0.3, -0.25) is 4.79 Å². The first kappa shape index (κ1) is 19.3. The Hall–Kier alpha value is -1.06. The van der Waals surface area contributed by atoms with Crippen molar-refractivity contribution in [2.45, 2.75) is 51.4 Å². The van der Waals surface area contributed by atoms with Gasteiger partial charge in [-0.05, 0) is 61.3 Å². The molecule has 1 amide bonds. The van der Waals surface area contributed by atoms with Crippen LogP contribution in [0, 0.1) is 18.8 Å². The van der Waals surface area contributed by atoms with E-state index in [0.29, 0.717) is 22.5 Å². The molecule has 0 spiro atoms. The van der Waals surface area contributed by atoms with Crippen molar-refractivity contribution in [3.05, 3.63) is 41.8 Å². The molecule has 1 aromatic rings. The van der Waals surface area contributed by atoms with Crippen molar-refractivity contribution in [3.63, 3.8) is 0 Å². The molecule has 2 aliphatic rings. The first-order valence-electron chi connectivity index (χ1n) is 8.89. The maximum Gasteiger partial charge on any atom is 0.252 e. The van der Waals surface area contributed by atoms with E-state index in [1.54, 1.807) is 6.07 Å². The van der Waals surface area contributed by atoms with Crippen LogP contribution in [0.3, 0.4) is 0 Å². The normalized spacial score (nSPS) is 25.7. The Morgan fingerprint density at radius 1 is 1.29 bits per heavy atom. The number of carbonyl (C=O) groups excluding carboxylic acids is 1. The van der Waals surface area contributed by atoms with Crippen molar-refractivity contribution < 1.29 is 4.79 Å². The number of nitrogens with two attached hydrogens (primary N) is 1. The second-order valence-corrected chi connectivity index (χ2v) is 7.80. The SMILES string of the molecule is NCCc1ccc(Cl)c(C(=O)NCC23CCCC(CCC2)C3)c1.[CH2]. The molecule has 3 N–H and O–H groups in total. The smallest absolute Gasteiger partial charge is 0.252 e. The first-order chi connectivity index (χ1) is 11.1. The highest BCUT2D eigenvalue weighted by atomic mass is 35.5. The summed E-state index contributed by atoms with van der Waals surface area (Å²) in [7, 11) is 0. The van der Waals surface area contributed by atoms with Gasteiger partial charge in [0.25, 0.3) is 5.91 Å². The predicted octanol–water partition coefficient (Wildman–Crippen LogP) is 4.26. The molecule has 1 aromatic carbocycles. The molecule has 0 aromatic heterocycles. The molecule has 3 nitrogen and oxygen atoms in total. The van der Waals surface area contributed by atoms with Crippen molar-refractivity contribution in [2.75, 3.05) is 13.1 Å². The van der Waals surface area contributed by atoms with Gasteiger partial charge in [0, 0.05) is 6.54 Å². The van der Waals surface area contributed by atoms with Crippen LogP contribution >= 0.6 is 11.6 Å². The van der Waals surface area contributed by atoms with Crippen LogP contribution in [0.1, 0.15) is 60.9 Å². The molecule has 0 atom stereocenters. The molecule has 4 heteroatoms. The highest BCUT2D eigenvalue weighted by Crippen LogP contribution is 2.48. The van der Waals surface area contributed by atoms with Gasteiger partial charge in [-0.2, -0.15) is 0 Å². The molecule has 2 aliphatic carbocycles. The largest absolute Gasteiger partial charge is 0.351 e. The minimum Gasteiger partial charge on any atom is -0.351 e. The van der Waals surface area contributed by atoms with Crippen molar-refractivity contribution in [1.82, 2.24) is 5.32 Å². The van der Waals surface area contributed by atoms with Gasteiger partial charge in [0.2, 0.25) is 0 Å². The first-order valence-corrected chi connectivity index (χ1v) is 9.26. The topological polar surface area (TPSA) is 55.1 Å². The molecule has 132 valence electrons. The maximum absolute atomic E-state index is 12.6. The predicted molar refractivity (Wildman–Crippen MR) is 100 cm³/mol. The van der Waals surface area contributed by atoms with Crippen LogP contribution in [0.25, 0.3) is 0 Å². The lowest BCUT2D eigenvalue weighted by atomic mass is 9.62. The van der Waals surface area contributed by atoms with Gasteiger partial charge >= 0.3 is 0 Å². The number of fused-ring (bicyclic) bond motifs is 2. The third-order valence-corrected chi connectivity index (χ3v) is 6.02. The van der Waals surface area contributed by atoms with E-state index in [0.717, 1.165) is 24.4 Å². The minimum atomic E-state index is -0.0454. The minimum absolute atomic E-state index is 0. The van der Waals surface area contributed by atoms with E-state index >= 15 is 0 Å². The lowest BCUT2D eigenvalue weighted by Gasteiger charge is -2.45. The lowest BCUT2D eigenvalue weighted by Crippen LogP contribution is -2.43. The number of amides is 1. The van der Waals surface area contributed by atoms with Crippen molar-refractivity contribution >= 4 is 17.5 Å². The molecule has 0 aliphatic heterocycles. The Bertz CT molecular complexity index is 563. The van der Waals surface area contributed by atoms with Crippen LogP contribution in [0.15, 0.2) is 18.2 Å². The van der Waals surface area contributed by atoms with Crippen LogP contribution in [0.2, 0.25) is 5.02 Å². The second kappa shape index (κ2) is 8.35. The Morgan fingerprint density at radius 2 is 2.00 bits per heavy atom. The summed E-state index contributed by atoms with van der Waals surface area (Å²) < 4.78 is 0. The quantitative estimate of drug-likeness (QED) is 0.835. The van der Waals surface area contributed by atoms with Gasteiger partial charge in [-0.1, -0.05) is 50.8 Å². The fourth-order valence-corrected chi connectivity index (χ4v) is 4.71. The highest BCUT2D eigenvalue weighted by molar-refractivity contribution is 6.33. The zero-order valence-corrected chi connectivity index (χ0v) is 15.2. The second-order valence-electron chi connectivity index (χ2n) is 7.39. The standard InChI is InChI=1S/C19H27ClN2O.CH2/c20-17-6-5-14(7-10-21)11-16(17)18(23)22-13-19-8-1-3-15(12-19)4-2-9-19;/h5-6,11,15H,1-4,7-10,12-13,21H2,(H,22,23);1H2. The van der Waals surface area contributed by atoms with Crippen LogP contribution in [-0.2, 0) is 6.42 Å². The van der Waals surface area contributed by atoms with E-state index in [9.17, 15) is 4.79 Å². The van der Waals surface area contributed by atoms with Gasteiger partial charge in [-0.15, -0.1) is 0 Å². The zero-order chi connectivity index (χ0) is 16.3. The van der Waals surface area contributed by atoms with E-state index in [2.05, 4.69) is 5.32 Å². The number of hydrogen-bond donors (Lipinski definition) is 2. The van der Waals surface area contributed by atoms with Crippen LogP contribution in [0.5, 0.6) is 0 Å². The van der Waals surface area contributed by atoms with E-state index in [4.69, 9.17) is 17.3 Å². The molecule has 2 fully saturated rings. The van der Waals surface area contributed by atoms with Crippen molar-refractivity contribution in [2.24, 2.45) is 17.1 Å². The molecule has 0 unspecified atom stereocenters.